The van der Waals surface area contributed by atoms with E-state index in [0.717, 1.165) is 6.07 Å². The number of alkyl halides is 3. The number of nitrogens with one attached hydrogen (secondary N) is 1. The lowest BCUT2D eigenvalue weighted by Gasteiger charge is -2.03. The average Bonchev–Trinajstić information content (AvgIpc) is 2.60. The van der Waals surface area contributed by atoms with Crippen molar-refractivity contribution in [2.45, 2.75) is 12.7 Å². The third kappa shape index (κ3) is 3.64. The number of nitrogens with zero attached hydrogens (tertiary/aromatic N) is 2. The van der Waals surface area contributed by atoms with E-state index in [0.29, 0.717) is 19.6 Å². The summed E-state index contributed by atoms with van der Waals surface area (Å²) in [6, 6.07) is 0.946. The molecule has 1 aromatic rings. The Labute approximate surface area is 85.3 Å². The molecule has 1 aromatic heterocycles. The Morgan fingerprint density at radius 1 is 1.53 bits per heavy atom. The molecule has 15 heavy (non-hydrogen) atoms. The molecule has 0 unspecified atom stereocenters. The van der Waals surface area contributed by atoms with Gasteiger partial charge in [0.2, 0.25) is 0 Å². The van der Waals surface area contributed by atoms with Gasteiger partial charge in [-0.1, -0.05) is 5.92 Å². The fraction of sp³-hybridized carbons (Fsp3) is 0.444. The van der Waals surface area contributed by atoms with Gasteiger partial charge in [-0.2, -0.15) is 18.3 Å². The molecule has 3 nitrogen and oxygen atoms in total. The average molecular weight is 217 g/mol. The van der Waals surface area contributed by atoms with Crippen LogP contribution in [-0.2, 0) is 12.7 Å². The third-order valence-electron chi connectivity index (χ3n) is 1.68. The number of aromatic nitrogens is 2. The Kier molecular flexibility index (Phi) is 3.74. The summed E-state index contributed by atoms with van der Waals surface area (Å²) in [5, 5.41) is 6.23. The molecule has 82 valence electrons. The monoisotopic (exact) mass is 217 g/mol. The molecule has 0 aliphatic carbocycles. The van der Waals surface area contributed by atoms with Gasteiger partial charge in [0.25, 0.3) is 0 Å². The largest absolute Gasteiger partial charge is 0.435 e. The Balaban J connectivity index is 2.44. The van der Waals surface area contributed by atoms with E-state index in [1.807, 2.05) is 0 Å². The van der Waals surface area contributed by atoms with Gasteiger partial charge in [-0.3, -0.25) is 4.68 Å². The van der Waals surface area contributed by atoms with Crippen LogP contribution in [0.4, 0.5) is 13.2 Å². The van der Waals surface area contributed by atoms with E-state index >= 15 is 0 Å². The van der Waals surface area contributed by atoms with Crippen LogP contribution in [0.3, 0.4) is 0 Å². The standard InChI is InChI=1S/C9H10F3N3/c1-2-4-13-5-7-15-6-3-8(14-15)9(10,11)12/h1,3,6,13H,4-5,7H2. The van der Waals surface area contributed by atoms with Crippen molar-refractivity contribution in [1.82, 2.24) is 15.1 Å². The second kappa shape index (κ2) is 4.84. The fourth-order valence-corrected chi connectivity index (χ4v) is 0.992. The van der Waals surface area contributed by atoms with Gasteiger partial charge in [0.1, 0.15) is 0 Å². The Morgan fingerprint density at radius 2 is 2.27 bits per heavy atom. The van der Waals surface area contributed by atoms with Crippen molar-refractivity contribution >= 4 is 0 Å². The smallest absolute Gasteiger partial charge is 0.304 e. The van der Waals surface area contributed by atoms with E-state index in [1.54, 1.807) is 0 Å². The van der Waals surface area contributed by atoms with Gasteiger partial charge in [0.15, 0.2) is 5.69 Å². The molecule has 0 aliphatic heterocycles. The maximum atomic E-state index is 12.1. The van der Waals surface area contributed by atoms with Crippen LogP contribution in [-0.4, -0.2) is 22.9 Å². The van der Waals surface area contributed by atoms with E-state index in [-0.39, 0.29) is 0 Å². The second-order valence-corrected chi connectivity index (χ2v) is 2.84. The summed E-state index contributed by atoms with van der Waals surface area (Å²) in [5.74, 6) is 2.36. The highest BCUT2D eigenvalue weighted by Crippen LogP contribution is 2.26. The number of hydrogen-bond donors (Lipinski definition) is 1. The van der Waals surface area contributed by atoms with E-state index in [1.165, 1.54) is 10.9 Å². The second-order valence-electron chi connectivity index (χ2n) is 2.84. The summed E-state index contributed by atoms with van der Waals surface area (Å²) >= 11 is 0. The minimum Gasteiger partial charge on any atom is -0.304 e. The molecule has 0 saturated carbocycles. The van der Waals surface area contributed by atoms with Crippen LogP contribution in [0.1, 0.15) is 5.69 Å². The predicted molar refractivity (Wildman–Crippen MR) is 48.9 cm³/mol. The van der Waals surface area contributed by atoms with Crippen LogP contribution >= 0.6 is 0 Å². The van der Waals surface area contributed by atoms with Crippen LogP contribution in [0.2, 0.25) is 0 Å². The zero-order valence-corrected chi connectivity index (χ0v) is 7.88. The molecular weight excluding hydrogens is 207 g/mol. The highest BCUT2D eigenvalue weighted by Gasteiger charge is 2.33. The first-order valence-corrected chi connectivity index (χ1v) is 4.29. The maximum Gasteiger partial charge on any atom is 0.435 e. The first-order valence-electron chi connectivity index (χ1n) is 4.29. The van der Waals surface area contributed by atoms with E-state index in [2.05, 4.69) is 16.3 Å². The van der Waals surface area contributed by atoms with E-state index < -0.39 is 11.9 Å². The lowest BCUT2D eigenvalue weighted by Crippen LogP contribution is -2.20. The van der Waals surface area contributed by atoms with Gasteiger partial charge >= 0.3 is 6.18 Å². The van der Waals surface area contributed by atoms with Gasteiger partial charge < -0.3 is 5.32 Å². The van der Waals surface area contributed by atoms with Crippen molar-refractivity contribution in [3.63, 3.8) is 0 Å². The Morgan fingerprint density at radius 3 is 2.80 bits per heavy atom. The van der Waals surface area contributed by atoms with Crippen molar-refractivity contribution in [2.24, 2.45) is 0 Å². The van der Waals surface area contributed by atoms with Crippen LogP contribution in [0, 0.1) is 12.3 Å². The van der Waals surface area contributed by atoms with Crippen molar-refractivity contribution in [3.8, 4) is 12.3 Å². The summed E-state index contributed by atoms with van der Waals surface area (Å²) in [4.78, 5) is 0. The molecule has 1 heterocycles. The number of terminal acetylenes is 1. The van der Waals surface area contributed by atoms with Crippen molar-refractivity contribution in [1.29, 1.82) is 0 Å². The highest BCUT2D eigenvalue weighted by molar-refractivity contribution is 5.03. The minimum absolute atomic E-state index is 0.359. The van der Waals surface area contributed by atoms with Crippen molar-refractivity contribution in [2.75, 3.05) is 13.1 Å². The van der Waals surface area contributed by atoms with Crippen LogP contribution in [0.25, 0.3) is 0 Å². The molecular formula is C9H10F3N3. The molecule has 0 atom stereocenters. The highest BCUT2D eigenvalue weighted by atomic mass is 19.4. The third-order valence-corrected chi connectivity index (χ3v) is 1.68. The lowest BCUT2D eigenvalue weighted by molar-refractivity contribution is -0.141. The molecule has 0 aliphatic rings. The Hall–Kier alpha value is -1.48. The van der Waals surface area contributed by atoms with Gasteiger partial charge in [-0.25, -0.2) is 0 Å². The lowest BCUT2D eigenvalue weighted by atomic mass is 10.4. The van der Waals surface area contributed by atoms with Gasteiger partial charge in [0.05, 0.1) is 13.1 Å². The zero-order valence-electron chi connectivity index (χ0n) is 7.88. The summed E-state index contributed by atoms with van der Waals surface area (Å²) in [5.41, 5.74) is -0.876. The molecule has 0 radical (unpaired) electrons. The molecule has 0 bridgehead atoms. The zero-order chi connectivity index (χ0) is 11.3. The first-order chi connectivity index (χ1) is 7.04. The Bertz CT molecular complexity index is 348. The summed E-state index contributed by atoms with van der Waals surface area (Å²) in [7, 11) is 0. The molecule has 0 aromatic carbocycles. The molecule has 1 rings (SSSR count). The molecule has 6 heteroatoms. The molecule has 0 amide bonds. The van der Waals surface area contributed by atoms with Crippen molar-refractivity contribution in [3.05, 3.63) is 18.0 Å². The molecule has 0 fully saturated rings. The predicted octanol–water partition coefficient (Wildman–Crippen LogP) is 1.12. The molecule has 1 N–H and O–H groups in total. The van der Waals surface area contributed by atoms with Crippen molar-refractivity contribution < 1.29 is 13.2 Å². The topological polar surface area (TPSA) is 29.9 Å². The summed E-state index contributed by atoms with van der Waals surface area (Å²) < 4.78 is 37.6. The van der Waals surface area contributed by atoms with Gasteiger partial charge in [-0.15, -0.1) is 6.42 Å². The summed E-state index contributed by atoms with van der Waals surface area (Å²) in [6.07, 6.45) is 1.90. The minimum atomic E-state index is -4.38. The summed E-state index contributed by atoms with van der Waals surface area (Å²) in [6.45, 7) is 1.24. The normalized spacial score (nSPS) is 11.3. The van der Waals surface area contributed by atoms with Crippen LogP contribution in [0.5, 0.6) is 0 Å². The van der Waals surface area contributed by atoms with Gasteiger partial charge in [0, 0.05) is 12.7 Å². The van der Waals surface area contributed by atoms with Gasteiger partial charge in [-0.05, 0) is 6.07 Å². The van der Waals surface area contributed by atoms with Crippen LogP contribution < -0.4 is 5.32 Å². The van der Waals surface area contributed by atoms with Crippen LogP contribution in [0.15, 0.2) is 12.3 Å². The molecule has 0 saturated heterocycles. The fourth-order valence-electron chi connectivity index (χ4n) is 0.992. The quantitative estimate of drug-likeness (QED) is 0.605. The van der Waals surface area contributed by atoms with E-state index in [4.69, 9.17) is 6.42 Å². The number of halogens is 3. The maximum absolute atomic E-state index is 12.1. The number of hydrogen-bond acceptors (Lipinski definition) is 2. The molecule has 0 spiro atoms. The van der Waals surface area contributed by atoms with E-state index in [9.17, 15) is 13.2 Å². The number of rotatable bonds is 4. The SMILES string of the molecule is C#CCNCCn1ccc(C(F)(F)F)n1. The first kappa shape index (κ1) is 11.6.